The average molecular weight is 390 g/mol. The number of anilines is 1. The van der Waals surface area contributed by atoms with Gasteiger partial charge in [-0.2, -0.15) is 5.26 Å². The molecule has 3 aromatic rings. The molecule has 4 heterocycles. The third-order valence-corrected chi connectivity index (χ3v) is 5.31. The van der Waals surface area contributed by atoms with Crippen LogP contribution >= 0.6 is 0 Å². The van der Waals surface area contributed by atoms with Gasteiger partial charge < -0.3 is 9.47 Å². The van der Waals surface area contributed by atoms with E-state index in [4.69, 9.17) is 9.97 Å². The van der Waals surface area contributed by atoms with Gasteiger partial charge in [-0.1, -0.05) is 32.9 Å². The zero-order chi connectivity index (χ0) is 20.2. The van der Waals surface area contributed by atoms with Gasteiger partial charge in [-0.05, 0) is 23.3 Å². The number of aromatic nitrogens is 8. The number of imidazole rings is 1. The highest BCUT2D eigenvalue weighted by atomic mass is 15.6. The van der Waals surface area contributed by atoms with Crippen LogP contribution in [0, 0.1) is 11.3 Å². The van der Waals surface area contributed by atoms with E-state index in [-0.39, 0.29) is 17.5 Å². The Morgan fingerprint density at radius 1 is 1.24 bits per heavy atom. The number of tetrazole rings is 1. The topological polar surface area (TPSA) is 114 Å². The third-order valence-electron chi connectivity index (χ3n) is 5.31. The van der Waals surface area contributed by atoms with Gasteiger partial charge >= 0.3 is 0 Å². The Labute approximate surface area is 167 Å². The predicted octanol–water partition coefficient (Wildman–Crippen LogP) is 1.76. The van der Waals surface area contributed by atoms with E-state index in [9.17, 15) is 5.26 Å². The Bertz CT molecular complexity index is 1140. The molecule has 1 fully saturated rings. The Hall–Kier alpha value is -3.35. The molecule has 148 valence electrons. The molecule has 0 radical (unpaired) electrons. The third kappa shape index (κ3) is 3.03. The number of allylic oxidation sites excluding steroid dienone is 2. The summed E-state index contributed by atoms with van der Waals surface area (Å²) in [5.41, 5.74) is 1.21. The van der Waals surface area contributed by atoms with Gasteiger partial charge in [0.2, 0.25) is 0 Å². The van der Waals surface area contributed by atoms with E-state index in [2.05, 4.69) is 52.2 Å². The first-order valence-corrected chi connectivity index (χ1v) is 9.80. The molecule has 10 heteroatoms. The Balaban J connectivity index is 1.62. The first-order valence-electron chi connectivity index (χ1n) is 9.80. The standard InChI is InChI=1S/C19H22N10/c1-19(2,3)18-22-16-15(17(23-18)28-8-4-5-13(28)9-20)21-11-27(16)10-14-24-25-26-29(14)12-6-7-12/h6-7,11-13H,4-5,8,10H2,1-3H3/t13-/m1/s1. The van der Waals surface area contributed by atoms with Crippen LogP contribution < -0.4 is 4.90 Å². The average Bonchev–Trinajstić information content (AvgIpc) is 3.09. The monoisotopic (exact) mass is 390 g/mol. The second kappa shape index (κ2) is 6.34. The van der Waals surface area contributed by atoms with Gasteiger partial charge in [-0.3, -0.25) is 0 Å². The van der Waals surface area contributed by atoms with Crippen LogP contribution in [0.5, 0.6) is 0 Å². The van der Waals surface area contributed by atoms with Crippen molar-refractivity contribution in [1.82, 2.24) is 39.7 Å². The zero-order valence-electron chi connectivity index (χ0n) is 16.7. The van der Waals surface area contributed by atoms with Gasteiger partial charge in [0.1, 0.15) is 11.9 Å². The highest BCUT2D eigenvalue weighted by Crippen LogP contribution is 2.32. The van der Waals surface area contributed by atoms with Crippen LogP contribution in [0.4, 0.5) is 5.82 Å². The molecule has 10 nitrogen and oxygen atoms in total. The largest absolute Gasteiger partial charge is 0.339 e. The van der Waals surface area contributed by atoms with Crippen molar-refractivity contribution in [2.45, 2.75) is 57.7 Å². The van der Waals surface area contributed by atoms with E-state index in [0.29, 0.717) is 12.1 Å². The molecular weight excluding hydrogens is 368 g/mol. The molecule has 1 saturated heterocycles. The van der Waals surface area contributed by atoms with E-state index >= 15 is 0 Å². The second-order valence-corrected chi connectivity index (χ2v) is 8.56. The number of nitriles is 1. The Morgan fingerprint density at radius 2 is 2.07 bits per heavy atom. The lowest BCUT2D eigenvalue weighted by Gasteiger charge is -2.24. The van der Waals surface area contributed by atoms with Crippen molar-refractivity contribution in [3.8, 4) is 6.07 Å². The molecule has 0 unspecified atom stereocenters. The lowest BCUT2D eigenvalue weighted by Crippen LogP contribution is -2.30. The van der Waals surface area contributed by atoms with Crippen LogP contribution in [0.25, 0.3) is 11.2 Å². The molecule has 29 heavy (non-hydrogen) atoms. The Morgan fingerprint density at radius 3 is 2.79 bits per heavy atom. The molecule has 1 atom stereocenters. The predicted molar refractivity (Wildman–Crippen MR) is 105 cm³/mol. The SMILES string of the molecule is CC(C)(C)c1nc(N2CCC[C@@H]2C#N)c2ncn(Cc3nnnn3C3C=C3)c2n1. The summed E-state index contributed by atoms with van der Waals surface area (Å²) in [6, 6.07) is 2.38. The number of fused-ring (bicyclic) bond motifs is 1. The van der Waals surface area contributed by atoms with E-state index in [1.165, 1.54) is 0 Å². The number of nitrogens with zero attached hydrogens (tertiary/aromatic N) is 10. The molecule has 0 saturated carbocycles. The molecular formula is C19H22N10. The minimum Gasteiger partial charge on any atom is -0.339 e. The number of hydrogen-bond acceptors (Lipinski definition) is 8. The number of hydrogen-bond donors (Lipinski definition) is 0. The van der Waals surface area contributed by atoms with Gasteiger partial charge in [-0.15, -0.1) is 5.10 Å². The first-order chi connectivity index (χ1) is 14.0. The maximum Gasteiger partial charge on any atom is 0.172 e. The summed E-state index contributed by atoms with van der Waals surface area (Å²) in [7, 11) is 0. The van der Waals surface area contributed by atoms with Crippen molar-refractivity contribution in [3.05, 3.63) is 30.1 Å². The van der Waals surface area contributed by atoms with Crippen LogP contribution in [-0.4, -0.2) is 52.3 Å². The lowest BCUT2D eigenvalue weighted by atomic mass is 9.95. The number of rotatable bonds is 4. The molecule has 0 N–H and O–H groups in total. The second-order valence-electron chi connectivity index (χ2n) is 8.56. The van der Waals surface area contributed by atoms with E-state index < -0.39 is 0 Å². The molecule has 0 bridgehead atoms. The zero-order valence-corrected chi connectivity index (χ0v) is 16.7. The lowest BCUT2D eigenvalue weighted by molar-refractivity contribution is 0.544. The minimum absolute atomic E-state index is 0.158. The van der Waals surface area contributed by atoms with Crippen molar-refractivity contribution in [3.63, 3.8) is 0 Å². The van der Waals surface area contributed by atoms with Crippen molar-refractivity contribution in [2.75, 3.05) is 11.4 Å². The fraction of sp³-hybridized carbons (Fsp3) is 0.526. The summed E-state index contributed by atoms with van der Waals surface area (Å²) in [5, 5.41) is 21.6. The van der Waals surface area contributed by atoms with Crippen LogP contribution in [-0.2, 0) is 12.0 Å². The maximum atomic E-state index is 9.57. The van der Waals surface area contributed by atoms with Gasteiger partial charge in [0.25, 0.3) is 0 Å². The molecule has 0 amide bonds. The summed E-state index contributed by atoms with van der Waals surface area (Å²) in [5.74, 6) is 2.22. The van der Waals surface area contributed by atoms with Gasteiger partial charge in [0.05, 0.1) is 25.0 Å². The van der Waals surface area contributed by atoms with Crippen LogP contribution in [0.2, 0.25) is 0 Å². The van der Waals surface area contributed by atoms with Crippen molar-refractivity contribution in [1.29, 1.82) is 5.26 Å². The summed E-state index contributed by atoms with van der Waals surface area (Å²) in [6.45, 7) is 7.52. The summed E-state index contributed by atoms with van der Waals surface area (Å²) < 4.78 is 3.75. The molecule has 2 aliphatic rings. The quantitative estimate of drug-likeness (QED) is 0.619. The minimum atomic E-state index is -0.237. The molecule has 0 aromatic carbocycles. The fourth-order valence-corrected chi connectivity index (χ4v) is 3.65. The van der Waals surface area contributed by atoms with Crippen LogP contribution in [0.1, 0.15) is 51.3 Å². The molecule has 5 rings (SSSR count). The molecule has 3 aromatic heterocycles. The van der Waals surface area contributed by atoms with E-state index in [0.717, 1.165) is 42.5 Å². The van der Waals surface area contributed by atoms with Gasteiger partial charge in [-0.25, -0.2) is 19.6 Å². The van der Waals surface area contributed by atoms with E-state index in [1.807, 2.05) is 16.7 Å². The molecule has 0 spiro atoms. The van der Waals surface area contributed by atoms with Crippen molar-refractivity contribution in [2.24, 2.45) is 0 Å². The van der Waals surface area contributed by atoms with Crippen LogP contribution in [0.15, 0.2) is 18.5 Å². The molecule has 1 aliphatic carbocycles. The van der Waals surface area contributed by atoms with Crippen molar-refractivity contribution < 1.29 is 0 Å². The fourth-order valence-electron chi connectivity index (χ4n) is 3.65. The summed E-state index contributed by atoms with van der Waals surface area (Å²) >= 11 is 0. The smallest absolute Gasteiger partial charge is 0.172 e. The van der Waals surface area contributed by atoms with E-state index in [1.54, 1.807) is 11.0 Å². The first kappa shape index (κ1) is 17.7. The normalized spacial score (nSPS) is 19.2. The highest BCUT2D eigenvalue weighted by molar-refractivity contribution is 5.84. The summed E-state index contributed by atoms with van der Waals surface area (Å²) in [6.07, 6.45) is 7.65. The highest BCUT2D eigenvalue weighted by Gasteiger charge is 2.31. The maximum absolute atomic E-state index is 9.57. The summed E-state index contributed by atoms with van der Waals surface area (Å²) in [4.78, 5) is 16.4. The molecule has 1 aliphatic heterocycles. The Kier molecular flexibility index (Phi) is 3.87. The van der Waals surface area contributed by atoms with Crippen LogP contribution in [0.3, 0.4) is 0 Å². The van der Waals surface area contributed by atoms with Gasteiger partial charge in [0, 0.05) is 12.0 Å². The van der Waals surface area contributed by atoms with Crippen molar-refractivity contribution >= 4 is 17.0 Å². The van der Waals surface area contributed by atoms with Gasteiger partial charge in [0.15, 0.2) is 22.8 Å².